The number of nitrogens with zero attached hydrogens (tertiary/aromatic N) is 3. The van der Waals surface area contributed by atoms with Gasteiger partial charge in [-0.05, 0) is 85.8 Å². The van der Waals surface area contributed by atoms with E-state index in [2.05, 4.69) is 39.8 Å². The van der Waals surface area contributed by atoms with E-state index in [-0.39, 0.29) is 5.91 Å². The lowest BCUT2D eigenvalue weighted by molar-refractivity contribution is -0.113. The SMILES string of the molecule is Cn1c(SCC(=O)Nc2ccc(C34CCC5CC(CC(C5)C3)C4)cc2)nnc1-c1ccccc1. The lowest BCUT2D eigenvalue weighted by Gasteiger charge is -2.45. The first-order chi connectivity index (χ1) is 16.6. The van der Waals surface area contributed by atoms with Crippen molar-refractivity contribution in [2.75, 3.05) is 11.1 Å². The Hall–Kier alpha value is -2.60. The maximum atomic E-state index is 12.6. The molecule has 4 fully saturated rings. The number of carbonyl (C=O) groups excluding carboxylic acids is 1. The second-order valence-corrected chi connectivity index (χ2v) is 11.6. The van der Waals surface area contributed by atoms with Crippen LogP contribution in [0.1, 0.15) is 50.5 Å². The number of thioether (sulfide) groups is 1. The molecule has 1 N–H and O–H groups in total. The molecule has 1 amide bonds. The number of fused-ring (bicyclic) bond motifs is 1. The van der Waals surface area contributed by atoms with Gasteiger partial charge in [0, 0.05) is 18.3 Å². The van der Waals surface area contributed by atoms with Crippen molar-refractivity contribution < 1.29 is 4.79 Å². The van der Waals surface area contributed by atoms with E-state index in [9.17, 15) is 4.79 Å². The van der Waals surface area contributed by atoms with Crippen LogP contribution in [0.3, 0.4) is 0 Å². The summed E-state index contributed by atoms with van der Waals surface area (Å²) < 4.78 is 1.94. The fourth-order valence-electron chi connectivity index (χ4n) is 7.04. The summed E-state index contributed by atoms with van der Waals surface area (Å²) in [5.41, 5.74) is 3.76. The zero-order valence-corrected chi connectivity index (χ0v) is 20.6. The second kappa shape index (κ2) is 8.88. The smallest absolute Gasteiger partial charge is 0.234 e. The maximum Gasteiger partial charge on any atom is 0.234 e. The van der Waals surface area contributed by atoms with Crippen LogP contribution in [0.5, 0.6) is 0 Å². The normalized spacial score (nSPS) is 27.5. The van der Waals surface area contributed by atoms with Gasteiger partial charge in [0.1, 0.15) is 0 Å². The van der Waals surface area contributed by atoms with Crippen molar-refractivity contribution in [1.29, 1.82) is 0 Å². The molecule has 4 aliphatic carbocycles. The molecule has 34 heavy (non-hydrogen) atoms. The number of nitrogens with one attached hydrogen (secondary N) is 1. The summed E-state index contributed by atoms with van der Waals surface area (Å²) >= 11 is 1.41. The molecule has 0 spiro atoms. The van der Waals surface area contributed by atoms with E-state index in [1.165, 1.54) is 62.3 Å². The third kappa shape index (κ3) is 4.17. The van der Waals surface area contributed by atoms with Crippen LogP contribution in [-0.4, -0.2) is 26.4 Å². The summed E-state index contributed by atoms with van der Waals surface area (Å²) in [7, 11) is 1.94. The van der Waals surface area contributed by atoms with Crippen molar-refractivity contribution >= 4 is 23.4 Å². The van der Waals surface area contributed by atoms with Gasteiger partial charge in [-0.1, -0.05) is 54.2 Å². The summed E-state index contributed by atoms with van der Waals surface area (Å²) in [4.78, 5) is 12.6. The molecule has 0 radical (unpaired) electrons. The van der Waals surface area contributed by atoms with Gasteiger partial charge in [-0.25, -0.2) is 0 Å². The third-order valence-electron chi connectivity index (χ3n) is 8.37. The Morgan fingerprint density at radius 1 is 1.00 bits per heavy atom. The van der Waals surface area contributed by atoms with E-state index in [0.717, 1.165) is 40.0 Å². The van der Waals surface area contributed by atoms with Crippen LogP contribution in [0, 0.1) is 17.8 Å². The Labute approximate surface area is 205 Å². The highest BCUT2D eigenvalue weighted by Gasteiger charge is 2.48. The molecule has 5 nitrogen and oxygen atoms in total. The van der Waals surface area contributed by atoms with E-state index in [4.69, 9.17) is 0 Å². The highest BCUT2D eigenvalue weighted by Crippen LogP contribution is 2.57. The number of hydrogen-bond acceptors (Lipinski definition) is 4. The Morgan fingerprint density at radius 3 is 2.44 bits per heavy atom. The van der Waals surface area contributed by atoms with Crippen LogP contribution < -0.4 is 5.32 Å². The first-order valence-corrected chi connectivity index (χ1v) is 13.5. The fraction of sp³-hybridized carbons (Fsp3) is 0.464. The third-order valence-corrected chi connectivity index (χ3v) is 9.39. The van der Waals surface area contributed by atoms with Crippen LogP contribution >= 0.6 is 11.8 Å². The molecule has 2 aromatic carbocycles. The summed E-state index contributed by atoms with van der Waals surface area (Å²) in [5.74, 6) is 3.92. The van der Waals surface area contributed by atoms with E-state index >= 15 is 0 Å². The van der Waals surface area contributed by atoms with Crippen LogP contribution in [0.4, 0.5) is 5.69 Å². The molecule has 4 saturated carbocycles. The Kier molecular flexibility index (Phi) is 5.72. The van der Waals surface area contributed by atoms with Crippen molar-refractivity contribution in [2.45, 2.75) is 55.5 Å². The van der Waals surface area contributed by atoms with Gasteiger partial charge in [-0.15, -0.1) is 10.2 Å². The monoisotopic (exact) mass is 472 g/mol. The summed E-state index contributed by atoms with van der Waals surface area (Å²) in [5, 5.41) is 12.4. The summed E-state index contributed by atoms with van der Waals surface area (Å²) in [6, 6.07) is 18.7. The van der Waals surface area contributed by atoms with Crippen LogP contribution in [0.2, 0.25) is 0 Å². The molecule has 0 aliphatic heterocycles. The average Bonchev–Trinajstić information content (AvgIpc) is 3.09. The van der Waals surface area contributed by atoms with E-state index in [1.54, 1.807) is 0 Å². The van der Waals surface area contributed by atoms with Crippen LogP contribution in [0.25, 0.3) is 11.4 Å². The second-order valence-electron chi connectivity index (χ2n) is 10.7. The van der Waals surface area contributed by atoms with Crippen LogP contribution in [-0.2, 0) is 17.3 Å². The number of rotatable bonds is 6. The minimum absolute atomic E-state index is 0.0202. The molecule has 4 bridgehead atoms. The standard InChI is InChI=1S/C28H32N4OS/c1-32-26(22-5-3-2-4-6-22)30-31-27(32)34-18-25(33)29-24-9-7-23(8-10-24)28-12-11-19-13-20(16-28)15-21(14-19)17-28/h2-10,19-21H,11-18H2,1H3,(H,29,33). The lowest BCUT2D eigenvalue weighted by atomic mass is 9.59. The molecule has 6 heteroatoms. The van der Waals surface area contributed by atoms with E-state index in [0.29, 0.717) is 11.2 Å². The summed E-state index contributed by atoms with van der Waals surface area (Å²) in [6.07, 6.45) is 9.86. The zero-order chi connectivity index (χ0) is 23.1. The largest absolute Gasteiger partial charge is 0.325 e. The van der Waals surface area contributed by atoms with E-state index in [1.807, 2.05) is 41.9 Å². The lowest BCUT2D eigenvalue weighted by Crippen LogP contribution is -2.37. The predicted octanol–water partition coefficient (Wildman–Crippen LogP) is 6.07. The molecular weight excluding hydrogens is 440 g/mol. The molecular formula is C28H32N4OS. The minimum atomic E-state index is -0.0202. The van der Waals surface area contributed by atoms with Gasteiger partial charge in [-0.2, -0.15) is 0 Å². The molecule has 1 heterocycles. The molecule has 1 aromatic heterocycles. The number of amides is 1. The van der Waals surface area contributed by atoms with Gasteiger partial charge in [0.05, 0.1) is 5.75 Å². The number of hydrogen-bond donors (Lipinski definition) is 1. The minimum Gasteiger partial charge on any atom is -0.325 e. The molecule has 7 rings (SSSR count). The molecule has 2 atom stereocenters. The zero-order valence-electron chi connectivity index (χ0n) is 19.7. The van der Waals surface area contributed by atoms with Crippen molar-refractivity contribution in [2.24, 2.45) is 24.8 Å². The van der Waals surface area contributed by atoms with Crippen molar-refractivity contribution in [3.63, 3.8) is 0 Å². The maximum absolute atomic E-state index is 12.6. The Bertz CT molecular complexity index is 1160. The molecule has 3 aromatic rings. The number of benzene rings is 2. The number of carbonyl (C=O) groups is 1. The molecule has 2 unspecified atom stereocenters. The topological polar surface area (TPSA) is 59.8 Å². The highest BCUT2D eigenvalue weighted by atomic mass is 32.2. The Balaban J connectivity index is 1.08. The fourth-order valence-corrected chi connectivity index (χ4v) is 7.75. The molecule has 176 valence electrons. The van der Waals surface area contributed by atoms with E-state index < -0.39 is 0 Å². The quantitative estimate of drug-likeness (QED) is 0.442. The van der Waals surface area contributed by atoms with Crippen LogP contribution in [0.15, 0.2) is 59.8 Å². The van der Waals surface area contributed by atoms with Gasteiger partial charge >= 0.3 is 0 Å². The Morgan fingerprint density at radius 2 is 1.71 bits per heavy atom. The van der Waals surface area contributed by atoms with Gasteiger partial charge < -0.3 is 9.88 Å². The average molecular weight is 473 g/mol. The molecule has 0 saturated heterocycles. The highest BCUT2D eigenvalue weighted by molar-refractivity contribution is 7.99. The number of anilines is 1. The molecule has 4 aliphatic rings. The van der Waals surface area contributed by atoms with Crippen molar-refractivity contribution in [3.05, 3.63) is 60.2 Å². The van der Waals surface area contributed by atoms with Gasteiger partial charge in [0.2, 0.25) is 5.91 Å². The van der Waals surface area contributed by atoms with Crippen molar-refractivity contribution in [3.8, 4) is 11.4 Å². The van der Waals surface area contributed by atoms with Gasteiger partial charge in [0.15, 0.2) is 11.0 Å². The summed E-state index contributed by atoms with van der Waals surface area (Å²) in [6.45, 7) is 0. The first-order valence-electron chi connectivity index (χ1n) is 12.6. The number of aromatic nitrogens is 3. The van der Waals surface area contributed by atoms with Gasteiger partial charge in [-0.3, -0.25) is 4.79 Å². The predicted molar refractivity (Wildman–Crippen MR) is 137 cm³/mol. The van der Waals surface area contributed by atoms with Gasteiger partial charge in [0.25, 0.3) is 0 Å². The first kappa shape index (κ1) is 21.9. The van der Waals surface area contributed by atoms with Crippen molar-refractivity contribution in [1.82, 2.24) is 14.8 Å².